The molecule has 1 aliphatic rings. The van der Waals surface area contributed by atoms with Crippen molar-refractivity contribution in [2.45, 2.75) is 40.5 Å². The van der Waals surface area contributed by atoms with Gasteiger partial charge in [0, 0.05) is 13.1 Å². The monoisotopic (exact) mass is 227 g/mol. The van der Waals surface area contributed by atoms with E-state index >= 15 is 0 Å². The first kappa shape index (κ1) is 13.5. The molecule has 0 aromatic rings. The van der Waals surface area contributed by atoms with Crippen LogP contribution in [0.3, 0.4) is 0 Å². The molecule has 1 heterocycles. The van der Waals surface area contributed by atoms with E-state index in [4.69, 9.17) is 0 Å². The average molecular weight is 227 g/mol. The molecule has 3 heteroatoms. The van der Waals surface area contributed by atoms with Crippen LogP contribution in [0.15, 0.2) is 0 Å². The van der Waals surface area contributed by atoms with Crippen molar-refractivity contribution in [3.63, 3.8) is 0 Å². The second-order valence-corrected chi connectivity index (χ2v) is 6.13. The van der Waals surface area contributed by atoms with E-state index < -0.39 is 0 Å². The van der Waals surface area contributed by atoms with Crippen molar-refractivity contribution in [2.24, 2.45) is 17.3 Å². The maximum atomic E-state index is 12.3. The Hall–Kier alpha value is -0.570. The van der Waals surface area contributed by atoms with Crippen LogP contribution in [-0.2, 0) is 4.79 Å². The van der Waals surface area contributed by atoms with Crippen molar-refractivity contribution in [1.82, 2.24) is 4.90 Å². The van der Waals surface area contributed by atoms with Gasteiger partial charge < -0.3 is 10.0 Å². The van der Waals surface area contributed by atoms with Crippen molar-refractivity contribution < 1.29 is 9.90 Å². The van der Waals surface area contributed by atoms with Gasteiger partial charge in [-0.3, -0.25) is 4.79 Å². The van der Waals surface area contributed by atoms with Gasteiger partial charge in [-0.1, -0.05) is 27.7 Å². The second-order valence-electron chi connectivity index (χ2n) is 6.13. The molecule has 0 radical (unpaired) electrons. The molecule has 0 aromatic carbocycles. The summed E-state index contributed by atoms with van der Waals surface area (Å²) in [7, 11) is 0. The number of aliphatic hydroxyl groups is 1. The average Bonchev–Trinajstić information content (AvgIpc) is 2.16. The van der Waals surface area contributed by atoms with E-state index in [2.05, 4.69) is 6.92 Å². The lowest BCUT2D eigenvalue weighted by Gasteiger charge is -2.37. The molecule has 1 saturated heterocycles. The van der Waals surface area contributed by atoms with Crippen LogP contribution in [-0.4, -0.2) is 35.6 Å². The zero-order valence-corrected chi connectivity index (χ0v) is 11.0. The molecule has 0 bridgehead atoms. The minimum absolute atomic E-state index is 0.0484. The summed E-state index contributed by atoms with van der Waals surface area (Å²) in [5.74, 6) is 0.455. The van der Waals surface area contributed by atoms with Gasteiger partial charge in [-0.25, -0.2) is 0 Å². The highest BCUT2D eigenvalue weighted by Crippen LogP contribution is 2.28. The Morgan fingerprint density at radius 2 is 2.12 bits per heavy atom. The van der Waals surface area contributed by atoms with Crippen molar-refractivity contribution in [2.75, 3.05) is 19.7 Å². The van der Waals surface area contributed by atoms with Crippen LogP contribution in [0.4, 0.5) is 0 Å². The van der Waals surface area contributed by atoms with E-state index in [1.807, 2.05) is 25.7 Å². The Morgan fingerprint density at radius 3 is 2.56 bits per heavy atom. The van der Waals surface area contributed by atoms with Gasteiger partial charge in [0.1, 0.15) is 0 Å². The predicted octanol–water partition coefficient (Wildman–Crippen LogP) is 1.90. The predicted molar refractivity (Wildman–Crippen MR) is 65.0 cm³/mol. The van der Waals surface area contributed by atoms with Gasteiger partial charge >= 0.3 is 0 Å². The van der Waals surface area contributed by atoms with Gasteiger partial charge in [0.05, 0.1) is 12.5 Å². The summed E-state index contributed by atoms with van der Waals surface area (Å²) in [4.78, 5) is 14.2. The Labute approximate surface area is 98.8 Å². The number of amides is 1. The summed E-state index contributed by atoms with van der Waals surface area (Å²) >= 11 is 0. The first-order chi connectivity index (χ1) is 7.36. The van der Waals surface area contributed by atoms with Gasteiger partial charge in [0.2, 0.25) is 5.91 Å². The topological polar surface area (TPSA) is 40.5 Å². The number of carbonyl (C=O) groups is 1. The first-order valence-corrected chi connectivity index (χ1v) is 6.26. The number of carbonyl (C=O) groups excluding carboxylic acids is 1. The molecule has 1 amide bonds. The summed E-state index contributed by atoms with van der Waals surface area (Å²) in [6.07, 6.45) is 2.30. The molecule has 94 valence electrons. The molecule has 1 aliphatic heterocycles. The van der Waals surface area contributed by atoms with Crippen molar-refractivity contribution in [1.29, 1.82) is 0 Å². The first-order valence-electron chi connectivity index (χ1n) is 6.26. The van der Waals surface area contributed by atoms with E-state index in [0.29, 0.717) is 5.92 Å². The fourth-order valence-corrected chi connectivity index (χ4v) is 2.33. The highest BCUT2D eigenvalue weighted by molar-refractivity contribution is 5.79. The third-order valence-corrected chi connectivity index (χ3v) is 3.49. The van der Waals surface area contributed by atoms with Gasteiger partial charge in [-0.2, -0.15) is 0 Å². The molecule has 0 aromatic heterocycles. The second kappa shape index (κ2) is 5.17. The summed E-state index contributed by atoms with van der Waals surface area (Å²) < 4.78 is 0. The number of hydrogen-bond donors (Lipinski definition) is 1. The number of nitrogens with zero attached hydrogens (tertiary/aromatic N) is 1. The molecule has 0 saturated carbocycles. The van der Waals surface area contributed by atoms with Crippen LogP contribution >= 0.6 is 0 Å². The summed E-state index contributed by atoms with van der Waals surface area (Å²) in [6, 6.07) is 0. The number of piperidine rings is 1. The van der Waals surface area contributed by atoms with E-state index in [-0.39, 0.29) is 23.8 Å². The van der Waals surface area contributed by atoms with Gasteiger partial charge in [-0.15, -0.1) is 0 Å². The van der Waals surface area contributed by atoms with Crippen molar-refractivity contribution in [3.8, 4) is 0 Å². The standard InChI is InChI=1S/C13H25NO2/c1-10-6-5-7-14(8-10)12(16)11(9-15)13(2,3)4/h10-11,15H,5-9H2,1-4H3. The van der Waals surface area contributed by atoms with E-state index in [9.17, 15) is 9.90 Å². The summed E-state index contributed by atoms with van der Waals surface area (Å²) in [5.41, 5.74) is -0.160. The van der Waals surface area contributed by atoms with Gasteiger partial charge in [0.25, 0.3) is 0 Å². The fraction of sp³-hybridized carbons (Fsp3) is 0.923. The molecule has 2 unspecified atom stereocenters. The normalized spacial score (nSPS) is 24.3. The van der Waals surface area contributed by atoms with Gasteiger partial charge in [-0.05, 0) is 24.2 Å². The Balaban J connectivity index is 2.68. The van der Waals surface area contributed by atoms with Crippen LogP contribution in [0.5, 0.6) is 0 Å². The van der Waals surface area contributed by atoms with Crippen molar-refractivity contribution in [3.05, 3.63) is 0 Å². The zero-order chi connectivity index (χ0) is 12.3. The number of hydrogen-bond acceptors (Lipinski definition) is 2. The van der Waals surface area contributed by atoms with E-state index in [1.165, 1.54) is 6.42 Å². The number of aliphatic hydroxyl groups excluding tert-OH is 1. The lowest BCUT2D eigenvalue weighted by atomic mass is 9.80. The van der Waals surface area contributed by atoms with Gasteiger partial charge in [0.15, 0.2) is 0 Å². The lowest BCUT2D eigenvalue weighted by Crippen LogP contribution is -2.46. The third-order valence-electron chi connectivity index (χ3n) is 3.49. The molecule has 3 nitrogen and oxygen atoms in total. The van der Waals surface area contributed by atoms with Crippen LogP contribution < -0.4 is 0 Å². The Bertz CT molecular complexity index is 245. The Morgan fingerprint density at radius 1 is 1.50 bits per heavy atom. The molecular formula is C13H25NO2. The minimum Gasteiger partial charge on any atom is -0.396 e. The zero-order valence-electron chi connectivity index (χ0n) is 11.0. The molecule has 2 atom stereocenters. The maximum absolute atomic E-state index is 12.3. The van der Waals surface area contributed by atoms with Crippen molar-refractivity contribution >= 4 is 5.91 Å². The lowest BCUT2D eigenvalue weighted by molar-refractivity contribution is -0.142. The van der Waals surface area contributed by atoms with E-state index in [0.717, 1.165) is 19.5 Å². The fourth-order valence-electron chi connectivity index (χ4n) is 2.33. The number of rotatable bonds is 2. The maximum Gasteiger partial charge on any atom is 0.228 e. The highest BCUT2D eigenvalue weighted by Gasteiger charge is 2.34. The SMILES string of the molecule is CC1CCCN(C(=O)C(CO)C(C)(C)C)C1. The molecule has 0 aliphatic carbocycles. The minimum atomic E-state index is -0.266. The van der Waals surface area contributed by atoms with Crippen LogP contribution in [0.25, 0.3) is 0 Å². The third kappa shape index (κ3) is 3.21. The molecule has 1 fully saturated rings. The highest BCUT2D eigenvalue weighted by atomic mass is 16.3. The Kier molecular flexibility index (Phi) is 4.36. The summed E-state index contributed by atoms with van der Waals surface area (Å²) in [6.45, 7) is 9.89. The smallest absolute Gasteiger partial charge is 0.228 e. The quantitative estimate of drug-likeness (QED) is 0.782. The van der Waals surface area contributed by atoms with Crippen LogP contribution in [0.1, 0.15) is 40.5 Å². The van der Waals surface area contributed by atoms with Crippen LogP contribution in [0, 0.1) is 17.3 Å². The molecule has 1 rings (SSSR count). The molecule has 1 N–H and O–H groups in total. The summed E-state index contributed by atoms with van der Waals surface area (Å²) in [5, 5.41) is 9.38. The molecule has 16 heavy (non-hydrogen) atoms. The largest absolute Gasteiger partial charge is 0.396 e. The molecule has 0 spiro atoms. The molecular weight excluding hydrogens is 202 g/mol. The number of likely N-dealkylation sites (tertiary alicyclic amines) is 1. The van der Waals surface area contributed by atoms with E-state index in [1.54, 1.807) is 0 Å². The van der Waals surface area contributed by atoms with Crippen LogP contribution in [0.2, 0.25) is 0 Å².